The summed E-state index contributed by atoms with van der Waals surface area (Å²) in [6.45, 7) is 3.53. The van der Waals surface area contributed by atoms with Gasteiger partial charge in [-0.3, -0.25) is 0 Å². The van der Waals surface area contributed by atoms with Gasteiger partial charge in [-0.25, -0.2) is 28.8 Å². The monoisotopic (exact) mass is 1690 g/mol. The predicted octanol–water partition coefficient (Wildman–Crippen LogP) is 19.3. The molecule has 1 saturated heterocycles. The quantitative estimate of drug-likeness (QED) is 0.0153. The summed E-state index contributed by atoms with van der Waals surface area (Å²) in [5.74, 6) is -11.6. The number of unbranched alkanes of at least 4 members (excludes halogenated alkanes) is 11. The number of benzene rings is 5. The maximum Gasteiger partial charge on any atom is 0.432 e. The van der Waals surface area contributed by atoms with Crippen LogP contribution in [0.2, 0.25) is 0 Å². The number of ether oxygens (including phenoxy) is 12. The largest absolute Gasteiger partial charge is 0.460 e. The maximum absolute atomic E-state index is 16.0. The Morgan fingerprint density at radius 1 is 0.373 bits per heavy atom. The van der Waals surface area contributed by atoms with Crippen LogP contribution in [0.1, 0.15) is 183 Å². The van der Waals surface area contributed by atoms with Crippen molar-refractivity contribution in [1.82, 2.24) is 0 Å². The number of alkyl halides is 15. The Balaban J connectivity index is 1.31. The lowest BCUT2D eigenvalue weighted by Gasteiger charge is -2.38. The zero-order chi connectivity index (χ0) is 87.0. The van der Waals surface area contributed by atoms with E-state index in [4.69, 9.17) is 56.8 Å². The van der Waals surface area contributed by atoms with Gasteiger partial charge in [-0.05, 0) is 77.2 Å². The first-order valence-electron chi connectivity index (χ1n) is 38.8. The predicted molar refractivity (Wildman–Crippen MR) is 395 cm³/mol. The van der Waals surface area contributed by atoms with E-state index in [0.29, 0.717) is 48.4 Å². The van der Waals surface area contributed by atoms with Gasteiger partial charge in [0, 0.05) is 81.8 Å². The molecule has 0 aromatic heterocycles. The third-order valence-corrected chi connectivity index (χ3v) is 21.3. The normalized spacial score (nSPS) is 19.4. The SMILES string of the molecule is CCCCCCCCCCCC[C@@H](OC(=O)[C@@](OC)(c1ccccc1)C(F)(F)F)[C@@H](CC[C@H](OC(=O)[C@@](OC)(c1ccccc1)C(F)(F)F)[C@@H]1CC[C@@H](C[C@@H](CCCCC[C@H](CC2=C[C@H](C)OC2=O)OC(=O)[C@@](OC)(c2ccccc2)C(F)(F)F)OC(=O)[C@@](OC)(c2ccccc2)C(F)(F)F)O1)OC(=O)[C@@](OC)(c1ccccc1)C(F)(F)F. The second kappa shape index (κ2) is 42.5. The Bertz CT molecular complexity index is 4000. The summed E-state index contributed by atoms with van der Waals surface area (Å²) >= 11 is 0. The molecule has 1 fully saturated rings. The van der Waals surface area contributed by atoms with Crippen molar-refractivity contribution in [3.05, 3.63) is 191 Å². The molecule has 7 rings (SSSR count). The molecule has 118 heavy (non-hydrogen) atoms. The summed E-state index contributed by atoms with van der Waals surface area (Å²) in [4.78, 5) is 86.4. The molecule has 2 aliphatic rings. The molecule has 0 saturated carbocycles. The average Bonchev–Trinajstić information content (AvgIpc) is 0.910. The van der Waals surface area contributed by atoms with E-state index in [1.165, 1.54) is 67.6 Å². The molecule has 18 nitrogen and oxygen atoms in total. The summed E-state index contributed by atoms with van der Waals surface area (Å²) < 4.78 is 302. The van der Waals surface area contributed by atoms with Crippen LogP contribution in [0, 0.1) is 0 Å². The molecule has 13 atom stereocenters. The minimum Gasteiger partial charge on any atom is -0.460 e. The number of methoxy groups -OCH3 is 5. The van der Waals surface area contributed by atoms with E-state index in [0.717, 1.165) is 136 Å². The maximum atomic E-state index is 16.0. The highest BCUT2D eigenvalue weighted by Gasteiger charge is 2.69. The molecule has 0 N–H and O–H groups in total. The van der Waals surface area contributed by atoms with Crippen molar-refractivity contribution < 1.29 is 151 Å². The summed E-state index contributed by atoms with van der Waals surface area (Å²) in [5.41, 5.74) is -23.8. The van der Waals surface area contributed by atoms with Gasteiger partial charge in [0.2, 0.25) is 0 Å². The van der Waals surface area contributed by atoms with Crippen molar-refractivity contribution in [2.24, 2.45) is 0 Å². The minimum absolute atomic E-state index is 0.0488. The van der Waals surface area contributed by atoms with Crippen molar-refractivity contribution in [3.8, 4) is 0 Å². The van der Waals surface area contributed by atoms with Crippen molar-refractivity contribution in [2.45, 2.75) is 263 Å². The molecule has 2 aliphatic heterocycles. The van der Waals surface area contributed by atoms with Crippen LogP contribution in [0.3, 0.4) is 0 Å². The lowest BCUT2D eigenvalue weighted by atomic mass is 9.91. The van der Waals surface area contributed by atoms with Crippen LogP contribution in [0.5, 0.6) is 0 Å². The molecule has 0 radical (unpaired) electrons. The van der Waals surface area contributed by atoms with Crippen molar-refractivity contribution >= 4 is 35.8 Å². The van der Waals surface area contributed by atoms with E-state index in [1.807, 2.05) is 6.92 Å². The van der Waals surface area contributed by atoms with Crippen LogP contribution in [-0.2, 0) is 114 Å². The van der Waals surface area contributed by atoms with Gasteiger partial charge in [-0.15, -0.1) is 0 Å². The fourth-order valence-electron chi connectivity index (χ4n) is 15.0. The lowest BCUT2D eigenvalue weighted by molar-refractivity contribution is -0.286. The zero-order valence-electron chi connectivity index (χ0n) is 66.2. The lowest BCUT2D eigenvalue weighted by Crippen LogP contribution is -2.55. The van der Waals surface area contributed by atoms with Gasteiger partial charge in [0.25, 0.3) is 28.0 Å². The molecule has 5 aromatic rings. The fourth-order valence-corrected chi connectivity index (χ4v) is 15.0. The first-order chi connectivity index (χ1) is 55.8. The van der Waals surface area contributed by atoms with Gasteiger partial charge in [0.05, 0.1) is 12.2 Å². The van der Waals surface area contributed by atoms with Gasteiger partial charge in [0.1, 0.15) is 36.6 Å². The second-order valence-electron chi connectivity index (χ2n) is 28.9. The molecule has 652 valence electrons. The highest BCUT2D eigenvalue weighted by atomic mass is 19.4. The van der Waals surface area contributed by atoms with Crippen molar-refractivity contribution in [2.75, 3.05) is 35.5 Å². The Morgan fingerprint density at radius 3 is 1.00 bits per heavy atom. The molecule has 33 heteroatoms. The Morgan fingerprint density at radius 2 is 0.669 bits per heavy atom. The first-order valence-corrected chi connectivity index (χ1v) is 38.8. The van der Waals surface area contributed by atoms with E-state index in [9.17, 15) is 24.0 Å². The van der Waals surface area contributed by atoms with Crippen LogP contribution in [0.4, 0.5) is 65.9 Å². The second-order valence-corrected chi connectivity index (χ2v) is 28.9. The number of cyclic esters (lactones) is 1. The number of carbonyl (C=O) groups is 6. The summed E-state index contributed by atoms with van der Waals surface area (Å²) in [6, 6.07) is 27.0. The summed E-state index contributed by atoms with van der Waals surface area (Å²) in [6.07, 6.45) is -39.7. The molecule has 0 bridgehead atoms. The van der Waals surface area contributed by atoms with Gasteiger partial charge in [-0.2, -0.15) is 65.9 Å². The number of rotatable bonds is 46. The van der Waals surface area contributed by atoms with Gasteiger partial charge >= 0.3 is 66.7 Å². The van der Waals surface area contributed by atoms with E-state index in [1.54, 1.807) is 0 Å². The third kappa shape index (κ3) is 22.3. The standard InChI is InChI=1S/C85H99F15O18/c1-8-9-10-11-12-13-14-15-16-35-48-66(116-73(104)78(109-5,83(92,93)94)60-40-27-19-28-41-60)68(117-74(105)79(110-6,84(95,96)97)61-42-29-20-30-43-61)51-52-69(118-75(106)80(111-7,85(98,99)100)62-44-31-21-32-45-62)67-50-49-65(113-67)55-64(115-72(103)77(108-4,82(89,90)91)59-38-25-18-26-39-59)47-34-22-33-46-63(54-57-53-56(2)112-70(57)101)114-71(102)76(107-3,81(86,87)88)58-36-23-17-24-37-58/h17-21,23-32,36-45,53,56,63-69H,8-16,22,33-35,46-52,54-55H2,1-7H3/t56-,63+,64+,65-,66+,67-,68+,69-,76-,77-,78-,79-,80-/m0/s1. The highest BCUT2D eigenvalue weighted by Crippen LogP contribution is 2.50. The van der Waals surface area contributed by atoms with Gasteiger partial charge in [-0.1, -0.05) is 223 Å². The van der Waals surface area contributed by atoms with Crippen LogP contribution in [-0.4, -0.2) is 151 Å². The zero-order valence-corrected chi connectivity index (χ0v) is 66.2. The first kappa shape index (κ1) is 96.5. The molecule has 2 heterocycles. The van der Waals surface area contributed by atoms with Crippen LogP contribution in [0.15, 0.2) is 163 Å². The number of halogens is 15. The Kier molecular flexibility index (Phi) is 34.8. The molecule has 5 aromatic carbocycles. The Hall–Kier alpha value is -8.63. The van der Waals surface area contributed by atoms with E-state index < -0.39 is 216 Å². The van der Waals surface area contributed by atoms with Crippen LogP contribution < -0.4 is 0 Å². The van der Waals surface area contributed by atoms with Crippen LogP contribution in [0.25, 0.3) is 0 Å². The van der Waals surface area contributed by atoms with E-state index >= 15 is 70.7 Å². The number of hydrogen-bond acceptors (Lipinski definition) is 18. The number of hydrogen-bond donors (Lipinski definition) is 0. The Labute approximate surface area is 674 Å². The van der Waals surface area contributed by atoms with Crippen molar-refractivity contribution in [3.63, 3.8) is 0 Å². The fraction of sp³-hybridized carbons (Fsp3) is 0.553. The topological polar surface area (TPSA) is 213 Å². The molecule has 0 spiro atoms. The third-order valence-electron chi connectivity index (χ3n) is 21.3. The summed E-state index contributed by atoms with van der Waals surface area (Å²) in [5, 5.41) is 0. The van der Waals surface area contributed by atoms with E-state index in [-0.39, 0.29) is 50.5 Å². The van der Waals surface area contributed by atoms with Gasteiger partial charge < -0.3 is 56.8 Å². The molecular weight excluding hydrogens is 1590 g/mol. The average molecular weight is 1690 g/mol. The molecular formula is C85H99F15O18. The highest BCUT2D eigenvalue weighted by molar-refractivity contribution is 5.91. The van der Waals surface area contributed by atoms with Crippen LogP contribution >= 0.6 is 0 Å². The molecule has 0 amide bonds. The van der Waals surface area contributed by atoms with Gasteiger partial charge in [0.15, 0.2) is 0 Å². The number of esters is 6. The molecule has 0 aliphatic carbocycles. The number of carbonyl (C=O) groups excluding carboxylic acids is 6. The van der Waals surface area contributed by atoms with Crippen molar-refractivity contribution in [1.29, 1.82) is 0 Å². The molecule has 0 unspecified atom stereocenters. The smallest absolute Gasteiger partial charge is 0.432 e. The summed E-state index contributed by atoms with van der Waals surface area (Å²) in [7, 11) is 2.75. The minimum atomic E-state index is -5.76. The van der Waals surface area contributed by atoms with E-state index in [2.05, 4.69) is 0 Å².